The maximum Gasteiger partial charge on any atom is 0.222 e. The molecule has 1 amide bonds. The van der Waals surface area contributed by atoms with Gasteiger partial charge < -0.3 is 10.6 Å². The lowest BCUT2D eigenvalue weighted by Gasteiger charge is -2.37. The van der Waals surface area contributed by atoms with E-state index in [1.165, 1.54) is 38.5 Å². The number of nitrogens with zero attached hydrogens (tertiary/aromatic N) is 1. The molecule has 3 heteroatoms. The summed E-state index contributed by atoms with van der Waals surface area (Å²) in [5, 5.41) is 0. The molecule has 2 saturated carbocycles. The first-order valence-electron chi connectivity index (χ1n) is 8.11. The quantitative estimate of drug-likeness (QED) is 0.853. The summed E-state index contributed by atoms with van der Waals surface area (Å²) in [4.78, 5) is 14.5. The molecule has 0 radical (unpaired) electrons. The van der Waals surface area contributed by atoms with Crippen LogP contribution >= 0.6 is 0 Å². The Balaban J connectivity index is 1.87. The first kappa shape index (κ1) is 14.8. The van der Waals surface area contributed by atoms with Crippen LogP contribution in [0.5, 0.6) is 0 Å². The van der Waals surface area contributed by atoms with E-state index in [1.807, 2.05) is 11.9 Å². The van der Waals surface area contributed by atoms with Gasteiger partial charge in [-0.1, -0.05) is 32.6 Å². The van der Waals surface area contributed by atoms with Crippen LogP contribution in [0, 0.1) is 11.8 Å². The van der Waals surface area contributed by atoms with Gasteiger partial charge in [-0.3, -0.25) is 4.79 Å². The molecule has 2 fully saturated rings. The fourth-order valence-electron chi connectivity index (χ4n) is 3.92. The summed E-state index contributed by atoms with van der Waals surface area (Å²) in [6, 6.07) is 0.705. The van der Waals surface area contributed by atoms with Gasteiger partial charge in [0.15, 0.2) is 0 Å². The minimum atomic E-state index is 0.245. The molecule has 0 aromatic rings. The van der Waals surface area contributed by atoms with Gasteiger partial charge in [-0.2, -0.15) is 0 Å². The second kappa shape index (κ2) is 6.74. The van der Waals surface area contributed by atoms with Crippen molar-refractivity contribution in [2.24, 2.45) is 17.6 Å². The van der Waals surface area contributed by atoms with E-state index in [-0.39, 0.29) is 6.04 Å². The zero-order chi connectivity index (χ0) is 13.8. The molecule has 4 unspecified atom stereocenters. The topological polar surface area (TPSA) is 46.3 Å². The van der Waals surface area contributed by atoms with Crippen molar-refractivity contribution in [1.82, 2.24) is 4.90 Å². The van der Waals surface area contributed by atoms with Crippen molar-refractivity contribution in [2.45, 2.75) is 76.8 Å². The molecule has 0 spiro atoms. The number of hydrogen-bond acceptors (Lipinski definition) is 2. The van der Waals surface area contributed by atoms with E-state index in [4.69, 9.17) is 5.73 Å². The van der Waals surface area contributed by atoms with Gasteiger partial charge in [0.2, 0.25) is 5.91 Å². The molecule has 0 saturated heterocycles. The van der Waals surface area contributed by atoms with Crippen molar-refractivity contribution >= 4 is 5.91 Å². The van der Waals surface area contributed by atoms with Crippen molar-refractivity contribution in [3.8, 4) is 0 Å². The number of carbonyl (C=O) groups is 1. The summed E-state index contributed by atoms with van der Waals surface area (Å²) in [6.45, 7) is 2.29. The van der Waals surface area contributed by atoms with Gasteiger partial charge in [0, 0.05) is 25.6 Å². The number of amides is 1. The van der Waals surface area contributed by atoms with Crippen molar-refractivity contribution in [1.29, 1.82) is 0 Å². The van der Waals surface area contributed by atoms with E-state index in [0.29, 0.717) is 30.2 Å². The molecule has 19 heavy (non-hydrogen) atoms. The fraction of sp³-hybridized carbons (Fsp3) is 0.938. The number of rotatable bonds is 3. The third kappa shape index (κ3) is 3.71. The van der Waals surface area contributed by atoms with Gasteiger partial charge in [-0.25, -0.2) is 0 Å². The van der Waals surface area contributed by atoms with Crippen LogP contribution in [0.2, 0.25) is 0 Å². The smallest absolute Gasteiger partial charge is 0.222 e. The maximum atomic E-state index is 12.5. The van der Waals surface area contributed by atoms with Crippen LogP contribution in [-0.2, 0) is 4.79 Å². The Morgan fingerprint density at radius 1 is 1.11 bits per heavy atom. The second-order valence-corrected chi connectivity index (χ2v) is 6.75. The van der Waals surface area contributed by atoms with Gasteiger partial charge in [0.25, 0.3) is 0 Å². The van der Waals surface area contributed by atoms with E-state index < -0.39 is 0 Å². The summed E-state index contributed by atoms with van der Waals surface area (Å²) in [5.41, 5.74) is 6.16. The summed E-state index contributed by atoms with van der Waals surface area (Å²) < 4.78 is 0. The Kier molecular flexibility index (Phi) is 5.26. The predicted molar refractivity (Wildman–Crippen MR) is 78.7 cm³/mol. The van der Waals surface area contributed by atoms with Crippen LogP contribution in [-0.4, -0.2) is 29.9 Å². The van der Waals surface area contributed by atoms with E-state index in [9.17, 15) is 4.79 Å². The Morgan fingerprint density at radius 2 is 1.74 bits per heavy atom. The van der Waals surface area contributed by atoms with E-state index in [1.54, 1.807) is 0 Å². The van der Waals surface area contributed by atoms with Crippen LogP contribution in [0.4, 0.5) is 0 Å². The minimum Gasteiger partial charge on any atom is -0.343 e. The second-order valence-electron chi connectivity index (χ2n) is 6.75. The summed E-state index contributed by atoms with van der Waals surface area (Å²) >= 11 is 0. The van der Waals surface area contributed by atoms with Gasteiger partial charge in [-0.05, 0) is 37.5 Å². The molecule has 2 aliphatic carbocycles. The zero-order valence-electron chi connectivity index (χ0n) is 12.6. The normalized spacial score (nSPS) is 35.9. The van der Waals surface area contributed by atoms with Crippen LogP contribution in [0.3, 0.4) is 0 Å². The summed E-state index contributed by atoms with van der Waals surface area (Å²) in [5.74, 6) is 1.39. The average Bonchev–Trinajstić information content (AvgIpc) is 2.41. The molecular formula is C16H30N2O. The van der Waals surface area contributed by atoms with Crippen LogP contribution in [0.25, 0.3) is 0 Å². The van der Waals surface area contributed by atoms with Crippen LogP contribution in [0.1, 0.15) is 64.7 Å². The van der Waals surface area contributed by atoms with E-state index in [0.717, 1.165) is 12.8 Å². The van der Waals surface area contributed by atoms with Crippen molar-refractivity contribution in [2.75, 3.05) is 7.05 Å². The third-order valence-electron chi connectivity index (χ3n) is 5.36. The van der Waals surface area contributed by atoms with Crippen molar-refractivity contribution < 1.29 is 4.79 Å². The summed E-state index contributed by atoms with van der Waals surface area (Å²) in [7, 11) is 2.00. The molecule has 2 rings (SSSR count). The fourth-order valence-corrected chi connectivity index (χ4v) is 3.92. The zero-order valence-corrected chi connectivity index (χ0v) is 12.6. The highest BCUT2D eigenvalue weighted by Gasteiger charge is 2.30. The molecular weight excluding hydrogens is 236 g/mol. The number of carbonyl (C=O) groups excluding carboxylic acids is 1. The third-order valence-corrected chi connectivity index (χ3v) is 5.36. The number of nitrogens with two attached hydrogens (primary N) is 1. The molecule has 4 atom stereocenters. The molecule has 0 bridgehead atoms. The molecule has 2 N–H and O–H groups in total. The Labute approximate surface area is 117 Å². The standard InChI is InChI=1S/C16H30N2O/c1-12-7-3-6-10-15(12)18(2)16(19)11-13-8-4-5-9-14(13)17/h12-15H,3-11,17H2,1-2H3. The molecule has 110 valence electrons. The van der Waals surface area contributed by atoms with Gasteiger partial charge in [0.1, 0.15) is 0 Å². The monoisotopic (exact) mass is 266 g/mol. The molecule has 0 aliphatic heterocycles. The maximum absolute atomic E-state index is 12.5. The van der Waals surface area contributed by atoms with Crippen molar-refractivity contribution in [3.05, 3.63) is 0 Å². The Morgan fingerprint density at radius 3 is 2.42 bits per heavy atom. The molecule has 0 aromatic heterocycles. The molecule has 3 nitrogen and oxygen atoms in total. The van der Waals surface area contributed by atoms with E-state index >= 15 is 0 Å². The highest BCUT2D eigenvalue weighted by Crippen LogP contribution is 2.30. The SMILES string of the molecule is CC1CCCCC1N(C)C(=O)CC1CCCCC1N. The molecule has 0 heterocycles. The number of hydrogen-bond donors (Lipinski definition) is 1. The molecule has 2 aliphatic rings. The highest BCUT2D eigenvalue weighted by molar-refractivity contribution is 5.76. The first-order valence-corrected chi connectivity index (χ1v) is 8.11. The molecule has 0 aromatic carbocycles. The van der Waals surface area contributed by atoms with Crippen LogP contribution in [0.15, 0.2) is 0 Å². The minimum absolute atomic E-state index is 0.245. The highest BCUT2D eigenvalue weighted by atomic mass is 16.2. The Hall–Kier alpha value is -0.570. The van der Waals surface area contributed by atoms with Gasteiger partial charge >= 0.3 is 0 Å². The lowest BCUT2D eigenvalue weighted by atomic mass is 9.81. The largest absolute Gasteiger partial charge is 0.343 e. The summed E-state index contributed by atoms with van der Waals surface area (Å²) in [6.07, 6.45) is 10.4. The Bertz CT molecular complexity index is 305. The van der Waals surface area contributed by atoms with Gasteiger partial charge in [0.05, 0.1) is 0 Å². The van der Waals surface area contributed by atoms with Gasteiger partial charge in [-0.15, -0.1) is 0 Å². The van der Waals surface area contributed by atoms with Crippen molar-refractivity contribution in [3.63, 3.8) is 0 Å². The lowest BCUT2D eigenvalue weighted by molar-refractivity contribution is -0.135. The first-order chi connectivity index (χ1) is 9.09. The van der Waals surface area contributed by atoms with E-state index in [2.05, 4.69) is 6.92 Å². The lowest BCUT2D eigenvalue weighted by Crippen LogP contribution is -2.44. The average molecular weight is 266 g/mol. The van der Waals surface area contributed by atoms with Crippen LogP contribution < -0.4 is 5.73 Å². The predicted octanol–water partition coefficient (Wildman–Crippen LogP) is 2.93.